The standard InChI is InChI=1S/C24H25BrN6O2/c1-32-18-6-4-17(5-7-18)23-28-21-22(19(25)14-27-24(21)29-23)31-11-9-30(10-12-31)15-16-3-8-20(33-2)26-13-16/h3-8,13-14H,9-12,15H2,1-2H3,(H,27,28,29). The fourth-order valence-corrected chi connectivity index (χ4v) is 4.68. The van der Waals surface area contributed by atoms with Gasteiger partial charge < -0.3 is 19.4 Å². The summed E-state index contributed by atoms with van der Waals surface area (Å²) in [5.74, 6) is 2.26. The van der Waals surface area contributed by atoms with Crippen LogP contribution in [0.5, 0.6) is 11.6 Å². The summed E-state index contributed by atoms with van der Waals surface area (Å²) in [5.41, 5.74) is 4.95. The Balaban J connectivity index is 1.34. The first kappa shape index (κ1) is 21.7. The third kappa shape index (κ3) is 4.51. The van der Waals surface area contributed by atoms with E-state index in [9.17, 15) is 0 Å². The third-order valence-corrected chi connectivity index (χ3v) is 6.49. The van der Waals surface area contributed by atoms with Gasteiger partial charge in [-0.1, -0.05) is 6.07 Å². The molecular formula is C24H25BrN6O2. The zero-order chi connectivity index (χ0) is 22.8. The number of imidazole rings is 1. The molecule has 1 aromatic carbocycles. The van der Waals surface area contributed by atoms with Crippen LogP contribution in [-0.4, -0.2) is 65.2 Å². The number of hydrogen-bond donors (Lipinski definition) is 1. The maximum Gasteiger partial charge on any atom is 0.212 e. The van der Waals surface area contributed by atoms with E-state index in [4.69, 9.17) is 14.5 Å². The topological polar surface area (TPSA) is 79.4 Å². The fraction of sp³-hybridized carbons (Fsp3) is 0.292. The van der Waals surface area contributed by atoms with Crippen LogP contribution in [0.4, 0.5) is 5.69 Å². The monoisotopic (exact) mass is 508 g/mol. The molecule has 1 aliphatic rings. The number of benzene rings is 1. The number of aromatic amines is 1. The highest BCUT2D eigenvalue weighted by molar-refractivity contribution is 9.10. The Morgan fingerprint density at radius 3 is 2.39 bits per heavy atom. The highest BCUT2D eigenvalue weighted by Crippen LogP contribution is 2.34. The Morgan fingerprint density at radius 1 is 0.939 bits per heavy atom. The van der Waals surface area contributed by atoms with Crippen LogP contribution >= 0.6 is 15.9 Å². The van der Waals surface area contributed by atoms with Crippen LogP contribution in [0, 0.1) is 0 Å². The van der Waals surface area contributed by atoms with Gasteiger partial charge in [0, 0.05) is 56.7 Å². The van der Waals surface area contributed by atoms with Crippen LogP contribution in [0.2, 0.25) is 0 Å². The number of piperazine rings is 1. The van der Waals surface area contributed by atoms with Crippen molar-refractivity contribution in [3.63, 3.8) is 0 Å². The maximum atomic E-state index is 5.27. The molecular weight excluding hydrogens is 484 g/mol. The zero-order valence-corrected chi connectivity index (χ0v) is 20.2. The number of H-pyrrole nitrogens is 1. The van der Waals surface area contributed by atoms with E-state index in [1.165, 1.54) is 5.56 Å². The summed E-state index contributed by atoms with van der Waals surface area (Å²) in [5, 5.41) is 0. The van der Waals surface area contributed by atoms with Gasteiger partial charge in [0.05, 0.1) is 24.4 Å². The van der Waals surface area contributed by atoms with Crippen molar-refractivity contribution in [3.05, 3.63) is 58.8 Å². The van der Waals surface area contributed by atoms with Crippen molar-refractivity contribution in [3.8, 4) is 23.0 Å². The van der Waals surface area contributed by atoms with Gasteiger partial charge in [0.2, 0.25) is 5.88 Å². The number of aromatic nitrogens is 4. The van der Waals surface area contributed by atoms with E-state index in [0.29, 0.717) is 11.5 Å². The molecule has 9 heteroatoms. The number of pyridine rings is 2. The molecule has 0 bridgehead atoms. The van der Waals surface area contributed by atoms with E-state index < -0.39 is 0 Å². The molecule has 4 aromatic rings. The lowest BCUT2D eigenvalue weighted by atomic mass is 10.2. The van der Waals surface area contributed by atoms with Gasteiger partial charge >= 0.3 is 0 Å². The van der Waals surface area contributed by atoms with Crippen LogP contribution in [-0.2, 0) is 6.54 Å². The van der Waals surface area contributed by atoms with Gasteiger partial charge in [-0.05, 0) is 45.8 Å². The number of nitrogens with one attached hydrogen (secondary N) is 1. The lowest BCUT2D eigenvalue weighted by molar-refractivity contribution is 0.249. The zero-order valence-electron chi connectivity index (χ0n) is 18.6. The number of hydrogen-bond acceptors (Lipinski definition) is 7. The van der Waals surface area contributed by atoms with E-state index in [1.807, 2.05) is 42.7 Å². The highest BCUT2D eigenvalue weighted by Gasteiger charge is 2.23. The molecule has 4 heterocycles. The number of methoxy groups -OCH3 is 2. The van der Waals surface area contributed by atoms with Crippen molar-refractivity contribution >= 4 is 32.8 Å². The van der Waals surface area contributed by atoms with E-state index in [-0.39, 0.29) is 0 Å². The Hall–Kier alpha value is -3.17. The second-order valence-electron chi connectivity index (χ2n) is 7.94. The first-order valence-corrected chi connectivity index (χ1v) is 11.6. The average molecular weight is 509 g/mol. The van der Waals surface area contributed by atoms with E-state index >= 15 is 0 Å². The number of fused-ring (bicyclic) bond motifs is 1. The SMILES string of the molecule is COc1ccc(-c2nc3ncc(Br)c(N4CCN(Cc5ccc(OC)nc5)CC4)c3[nH]2)cc1. The molecule has 8 nitrogen and oxygen atoms in total. The van der Waals surface area contributed by atoms with Gasteiger partial charge in [-0.3, -0.25) is 4.90 Å². The van der Waals surface area contributed by atoms with E-state index in [1.54, 1.807) is 14.2 Å². The Morgan fingerprint density at radius 2 is 1.73 bits per heavy atom. The van der Waals surface area contributed by atoms with Crippen LogP contribution in [0.25, 0.3) is 22.6 Å². The van der Waals surface area contributed by atoms with E-state index in [2.05, 4.69) is 46.7 Å². The van der Waals surface area contributed by atoms with Crippen molar-refractivity contribution in [2.24, 2.45) is 0 Å². The molecule has 0 unspecified atom stereocenters. The molecule has 0 atom stereocenters. The van der Waals surface area contributed by atoms with Gasteiger partial charge in [-0.2, -0.15) is 0 Å². The molecule has 1 saturated heterocycles. The summed E-state index contributed by atoms with van der Waals surface area (Å²) in [6, 6.07) is 11.9. The number of nitrogens with zero attached hydrogens (tertiary/aromatic N) is 5. The molecule has 1 N–H and O–H groups in total. The van der Waals surface area contributed by atoms with Crippen LogP contribution < -0.4 is 14.4 Å². The molecule has 33 heavy (non-hydrogen) atoms. The number of ether oxygens (including phenoxy) is 2. The molecule has 1 fully saturated rings. The smallest absolute Gasteiger partial charge is 0.212 e. The second-order valence-corrected chi connectivity index (χ2v) is 8.79. The summed E-state index contributed by atoms with van der Waals surface area (Å²) in [6.45, 7) is 4.63. The normalized spacial score (nSPS) is 14.6. The van der Waals surface area contributed by atoms with Crippen molar-refractivity contribution in [2.75, 3.05) is 45.3 Å². The van der Waals surface area contributed by atoms with Gasteiger partial charge in [0.1, 0.15) is 17.1 Å². The molecule has 170 valence electrons. The molecule has 0 saturated carbocycles. The summed E-state index contributed by atoms with van der Waals surface area (Å²) in [4.78, 5) is 21.9. The van der Waals surface area contributed by atoms with Crippen molar-refractivity contribution < 1.29 is 9.47 Å². The first-order chi connectivity index (χ1) is 16.1. The van der Waals surface area contributed by atoms with Crippen LogP contribution in [0.1, 0.15) is 5.56 Å². The largest absolute Gasteiger partial charge is 0.497 e. The van der Waals surface area contributed by atoms with Gasteiger partial charge in [-0.25, -0.2) is 15.0 Å². The van der Waals surface area contributed by atoms with Gasteiger partial charge in [0.25, 0.3) is 0 Å². The summed E-state index contributed by atoms with van der Waals surface area (Å²) >= 11 is 3.72. The molecule has 0 aliphatic carbocycles. The molecule has 5 rings (SSSR count). The minimum Gasteiger partial charge on any atom is -0.497 e. The number of anilines is 1. The molecule has 0 spiro atoms. The number of halogens is 1. The Kier molecular flexibility index (Phi) is 6.15. The molecule has 0 radical (unpaired) electrons. The second kappa shape index (κ2) is 9.36. The molecule has 1 aliphatic heterocycles. The van der Waals surface area contributed by atoms with Crippen molar-refractivity contribution in [1.82, 2.24) is 24.8 Å². The van der Waals surface area contributed by atoms with Crippen LogP contribution in [0.3, 0.4) is 0 Å². The molecule has 3 aromatic heterocycles. The fourth-order valence-electron chi connectivity index (χ4n) is 4.13. The highest BCUT2D eigenvalue weighted by atomic mass is 79.9. The third-order valence-electron chi connectivity index (χ3n) is 5.91. The van der Waals surface area contributed by atoms with Crippen molar-refractivity contribution in [1.29, 1.82) is 0 Å². The van der Waals surface area contributed by atoms with Gasteiger partial charge in [-0.15, -0.1) is 0 Å². The van der Waals surface area contributed by atoms with Crippen LogP contribution in [0.15, 0.2) is 53.3 Å². The van der Waals surface area contributed by atoms with Gasteiger partial charge in [0.15, 0.2) is 5.65 Å². The average Bonchev–Trinajstić information content (AvgIpc) is 3.29. The minimum absolute atomic E-state index is 0.642. The Labute approximate surface area is 200 Å². The lowest BCUT2D eigenvalue weighted by Gasteiger charge is -2.36. The molecule has 0 amide bonds. The quantitative estimate of drug-likeness (QED) is 0.419. The predicted octanol–water partition coefficient (Wildman–Crippen LogP) is 4.12. The van der Waals surface area contributed by atoms with Crippen molar-refractivity contribution in [2.45, 2.75) is 6.54 Å². The summed E-state index contributed by atoms with van der Waals surface area (Å²) in [6.07, 6.45) is 3.73. The summed E-state index contributed by atoms with van der Waals surface area (Å²) < 4.78 is 11.4. The first-order valence-electron chi connectivity index (χ1n) is 10.8. The summed E-state index contributed by atoms with van der Waals surface area (Å²) in [7, 11) is 3.30. The number of rotatable bonds is 6. The predicted molar refractivity (Wildman–Crippen MR) is 132 cm³/mol. The van der Waals surface area contributed by atoms with E-state index in [0.717, 1.165) is 65.5 Å². The minimum atomic E-state index is 0.642. The Bertz CT molecular complexity index is 1230. The lowest BCUT2D eigenvalue weighted by Crippen LogP contribution is -2.46. The maximum absolute atomic E-state index is 5.27.